The van der Waals surface area contributed by atoms with Crippen molar-refractivity contribution in [1.29, 1.82) is 0 Å². The minimum Gasteiger partial charge on any atom is -0.232 e. The minimum absolute atomic E-state index is 0.713. The summed E-state index contributed by atoms with van der Waals surface area (Å²) >= 11 is 5.99. The average Bonchev–Trinajstić information content (AvgIpc) is 3.09. The monoisotopic (exact) mass is 329 g/mol. The summed E-state index contributed by atoms with van der Waals surface area (Å²) in [7, 11) is 0. The molecule has 0 aliphatic carbocycles. The summed E-state index contributed by atoms with van der Waals surface area (Å²) in [5.74, 6) is 0. The van der Waals surface area contributed by atoms with Crippen LogP contribution in [0.3, 0.4) is 0 Å². The predicted molar refractivity (Wildman–Crippen MR) is 98.3 cm³/mol. The summed E-state index contributed by atoms with van der Waals surface area (Å²) in [6.45, 7) is 0. The Kier molecular flexibility index (Phi) is 3.89. The molecule has 115 valence electrons. The third-order valence-electron chi connectivity index (χ3n) is 3.81. The number of para-hydroxylation sites is 1. The molecule has 0 fully saturated rings. The van der Waals surface area contributed by atoms with Crippen LogP contribution in [0.4, 0.5) is 0 Å². The van der Waals surface area contributed by atoms with Crippen LogP contribution in [0.1, 0.15) is 0 Å². The van der Waals surface area contributed by atoms with Gasteiger partial charge in [0.1, 0.15) is 5.69 Å². The Morgan fingerprint density at radius 3 is 2.00 bits per heavy atom. The molecule has 0 amide bonds. The summed E-state index contributed by atoms with van der Waals surface area (Å²) < 4.78 is 1.93. The third kappa shape index (κ3) is 2.84. The molecular weight excluding hydrogens is 316 g/mol. The number of rotatable bonds is 3. The van der Waals surface area contributed by atoms with Gasteiger partial charge in [-0.15, -0.1) is 0 Å². The molecule has 0 N–H and O–H groups in total. The fourth-order valence-electron chi connectivity index (χ4n) is 2.62. The van der Waals surface area contributed by atoms with Crippen molar-refractivity contribution in [3.8, 4) is 28.2 Å². The van der Waals surface area contributed by atoms with Crippen molar-refractivity contribution in [3.63, 3.8) is 0 Å². The highest BCUT2D eigenvalue weighted by molar-refractivity contribution is 6.30. The van der Waals surface area contributed by atoms with Gasteiger partial charge < -0.3 is 0 Å². The highest BCUT2D eigenvalue weighted by atomic mass is 35.5. The molecule has 0 aliphatic rings. The number of halogens is 1. The summed E-state index contributed by atoms with van der Waals surface area (Å²) in [6, 6.07) is 31.4. The summed E-state index contributed by atoms with van der Waals surface area (Å²) in [5.41, 5.74) is 4.81. The van der Waals surface area contributed by atoms with E-state index in [4.69, 9.17) is 16.7 Å². The van der Waals surface area contributed by atoms with Gasteiger partial charge in [0.2, 0.25) is 0 Å². The number of benzene rings is 3. The van der Waals surface area contributed by atoms with E-state index in [0.717, 1.165) is 28.2 Å². The van der Waals surface area contributed by atoms with Crippen molar-refractivity contribution in [2.24, 2.45) is 0 Å². The molecule has 0 spiro atoms. The van der Waals surface area contributed by atoms with E-state index in [9.17, 15) is 0 Å². The van der Waals surface area contributed by atoms with Crippen molar-refractivity contribution in [2.75, 3.05) is 0 Å². The molecule has 0 saturated carbocycles. The molecule has 0 atom stereocenters. The standard InChI is InChI=1S/C21H14ClN2/c22-18-13-11-16(12-14-18)20-15-21(17-7-3-1-4-8-17)24(23-20)19-9-5-2-6-10-19/h1-14H. The van der Waals surface area contributed by atoms with Crippen molar-refractivity contribution in [3.05, 3.63) is 96.0 Å². The molecule has 0 unspecified atom stereocenters. The van der Waals surface area contributed by atoms with Crippen LogP contribution >= 0.6 is 11.6 Å². The van der Waals surface area contributed by atoms with E-state index < -0.39 is 0 Å². The minimum atomic E-state index is 0.713. The molecule has 0 bridgehead atoms. The number of hydrogen-bond acceptors (Lipinski definition) is 1. The number of nitrogens with zero attached hydrogens (tertiary/aromatic N) is 2. The van der Waals surface area contributed by atoms with E-state index in [1.54, 1.807) is 0 Å². The Bertz CT molecular complexity index is 885. The lowest BCUT2D eigenvalue weighted by Gasteiger charge is -2.06. The third-order valence-corrected chi connectivity index (χ3v) is 4.07. The first-order valence-corrected chi connectivity index (χ1v) is 8.08. The highest BCUT2D eigenvalue weighted by Crippen LogP contribution is 2.28. The molecular formula is C21H14ClN2. The van der Waals surface area contributed by atoms with E-state index in [-0.39, 0.29) is 0 Å². The Labute approximate surface area is 146 Å². The summed E-state index contributed by atoms with van der Waals surface area (Å²) in [4.78, 5) is 0. The first kappa shape index (κ1) is 14.7. The van der Waals surface area contributed by atoms with E-state index in [0.29, 0.717) is 5.02 Å². The molecule has 4 rings (SSSR count). The second-order valence-corrected chi connectivity index (χ2v) is 5.88. The molecule has 4 aromatic rings. The van der Waals surface area contributed by atoms with Gasteiger partial charge in [0.05, 0.1) is 11.4 Å². The van der Waals surface area contributed by atoms with E-state index >= 15 is 0 Å². The van der Waals surface area contributed by atoms with E-state index in [1.165, 1.54) is 0 Å². The zero-order valence-electron chi connectivity index (χ0n) is 12.9. The van der Waals surface area contributed by atoms with Gasteiger partial charge in [0.25, 0.3) is 0 Å². The van der Waals surface area contributed by atoms with Crippen LogP contribution in [-0.4, -0.2) is 9.78 Å². The normalized spacial score (nSPS) is 10.7. The van der Waals surface area contributed by atoms with Gasteiger partial charge in [-0.3, -0.25) is 0 Å². The van der Waals surface area contributed by atoms with Gasteiger partial charge in [0, 0.05) is 22.2 Å². The first-order valence-electron chi connectivity index (χ1n) is 7.70. The van der Waals surface area contributed by atoms with Gasteiger partial charge in [-0.05, 0) is 24.3 Å². The maximum Gasteiger partial charge on any atom is 0.101 e. The topological polar surface area (TPSA) is 17.8 Å². The van der Waals surface area contributed by atoms with Crippen LogP contribution in [0.25, 0.3) is 28.2 Å². The maximum atomic E-state index is 5.99. The van der Waals surface area contributed by atoms with Crippen LogP contribution < -0.4 is 0 Å². The molecule has 1 radical (unpaired) electrons. The summed E-state index contributed by atoms with van der Waals surface area (Å²) in [6.07, 6.45) is 0. The molecule has 3 aromatic carbocycles. The Morgan fingerprint density at radius 2 is 1.33 bits per heavy atom. The molecule has 3 heteroatoms. The van der Waals surface area contributed by atoms with E-state index in [1.807, 2.05) is 77.5 Å². The van der Waals surface area contributed by atoms with Gasteiger partial charge in [0.15, 0.2) is 0 Å². The van der Waals surface area contributed by atoms with Crippen molar-refractivity contribution >= 4 is 11.6 Å². The lowest BCUT2D eigenvalue weighted by Crippen LogP contribution is -1.98. The number of hydrogen-bond donors (Lipinski definition) is 0. The molecule has 1 heterocycles. The molecule has 0 aliphatic heterocycles. The smallest absolute Gasteiger partial charge is 0.101 e. The average molecular weight is 330 g/mol. The van der Waals surface area contributed by atoms with Gasteiger partial charge in [-0.25, -0.2) is 4.68 Å². The second-order valence-electron chi connectivity index (χ2n) is 5.44. The van der Waals surface area contributed by atoms with Crippen LogP contribution in [0, 0.1) is 6.07 Å². The molecule has 2 nitrogen and oxygen atoms in total. The molecule has 24 heavy (non-hydrogen) atoms. The van der Waals surface area contributed by atoms with E-state index in [2.05, 4.69) is 18.2 Å². The summed E-state index contributed by atoms with van der Waals surface area (Å²) in [5, 5.41) is 5.49. The second kappa shape index (κ2) is 6.34. The van der Waals surface area contributed by atoms with Crippen molar-refractivity contribution in [1.82, 2.24) is 9.78 Å². The van der Waals surface area contributed by atoms with Crippen LogP contribution in [0.2, 0.25) is 5.02 Å². The molecule has 1 aromatic heterocycles. The largest absolute Gasteiger partial charge is 0.232 e. The Hall–Kier alpha value is -2.84. The van der Waals surface area contributed by atoms with Gasteiger partial charge in [-0.2, -0.15) is 5.10 Å². The van der Waals surface area contributed by atoms with Crippen LogP contribution in [-0.2, 0) is 0 Å². The predicted octanol–water partition coefficient (Wildman–Crippen LogP) is 5.66. The van der Waals surface area contributed by atoms with Gasteiger partial charge in [-0.1, -0.05) is 72.3 Å². The quantitative estimate of drug-likeness (QED) is 0.474. The Morgan fingerprint density at radius 1 is 0.708 bits per heavy atom. The van der Waals surface area contributed by atoms with Crippen molar-refractivity contribution < 1.29 is 0 Å². The van der Waals surface area contributed by atoms with Crippen LogP contribution in [0.15, 0.2) is 84.9 Å². The fraction of sp³-hybridized carbons (Fsp3) is 0. The maximum absolute atomic E-state index is 5.99. The lowest BCUT2D eigenvalue weighted by atomic mass is 10.1. The first-order chi connectivity index (χ1) is 11.8. The van der Waals surface area contributed by atoms with Crippen molar-refractivity contribution in [2.45, 2.75) is 0 Å². The van der Waals surface area contributed by atoms with Crippen LogP contribution in [0.5, 0.6) is 0 Å². The highest BCUT2D eigenvalue weighted by Gasteiger charge is 2.13. The fourth-order valence-corrected chi connectivity index (χ4v) is 2.75. The zero-order valence-corrected chi connectivity index (χ0v) is 13.6. The number of aromatic nitrogens is 2. The lowest BCUT2D eigenvalue weighted by molar-refractivity contribution is 0.892. The van der Waals surface area contributed by atoms with Gasteiger partial charge >= 0.3 is 0 Å². The molecule has 0 saturated heterocycles. The SMILES string of the molecule is Clc1ccc(-c2[c]c(-c3ccccc3)n(-c3ccccc3)n2)cc1. The Balaban J connectivity index is 1.89. The zero-order chi connectivity index (χ0) is 16.4.